The van der Waals surface area contributed by atoms with Crippen molar-refractivity contribution >= 4 is 27.3 Å². The Morgan fingerprint density at radius 2 is 2.05 bits per heavy atom. The van der Waals surface area contributed by atoms with Gasteiger partial charge in [0.2, 0.25) is 10.0 Å². The number of hydrogen-bond donors (Lipinski definition) is 2. The first kappa shape index (κ1) is 17.2. The molecule has 6 nitrogen and oxygen atoms in total. The largest absolute Gasteiger partial charge is 0.398 e. The van der Waals surface area contributed by atoms with Gasteiger partial charge in [0.25, 0.3) is 0 Å². The SMILES string of the molecule is CN(C)CCOCCNS(=O)(=O)c1ccc(Cl)cc1N. The number of hydrogen-bond acceptors (Lipinski definition) is 5. The molecule has 0 bridgehead atoms. The van der Waals surface area contributed by atoms with Gasteiger partial charge in [-0.3, -0.25) is 0 Å². The predicted octanol–water partition coefficient (Wildman–Crippen LogP) is 0.779. The third-order valence-corrected chi connectivity index (χ3v) is 4.25. The number of sulfonamides is 1. The number of nitrogens with one attached hydrogen (secondary N) is 1. The summed E-state index contributed by atoms with van der Waals surface area (Å²) in [5, 5.41) is 0.397. The molecule has 0 radical (unpaired) electrons. The van der Waals surface area contributed by atoms with E-state index >= 15 is 0 Å². The summed E-state index contributed by atoms with van der Waals surface area (Å²) in [5.74, 6) is 0. The Hall–Kier alpha value is -0.860. The molecule has 0 saturated heterocycles. The topological polar surface area (TPSA) is 84.7 Å². The molecule has 8 heteroatoms. The Balaban J connectivity index is 2.46. The highest BCUT2D eigenvalue weighted by molar-refractivity contribution is 7.89. The summed E-state index contributed by atoms with van der Waals surface area (Å²) in [4.78, 5) is 2.01. The molecule has 0 amide bonds. The van der Waals surface area contributed by atoms with E-state index in [1.165, 1.54) is 18.2 Å². The Labute approximate surface area is 124 Å². The van der Waals surface area contributed by atoms with Crippen LogP contribution in [0.5, 0.6) is 0 Å². The number of ether oxygens (including phenoxy) is 1. The summed E-state index contributed by atoms with van der Waals surface area (Å²) >= 11 is 5.73. The van der Waals surface area contributed by atoms with Gasteiger partial charge in [-0.1, -0.05) is 11.6 Å². The van der Waals surface area contributed by atoms with Crippen molar-refractivity contribution in [2.45, 2.75) is 4.90 Å². The zero-order chi connectivity index (χ0) is 15.2. The first-order valence-corrected chi connectivity index (χ1v) is 7.96. The maximum Gasteiger partial charge on any atom is 0.242 e. The summed E-state index contributed by atoms with van der Waals surface area (Å²) < 4.78 is 31.8. The highest BCUT2D eigenvalue weighted by Crippen LogP contribution is 2.21. The van der Waals surface area contributed by atoms with Crippen LogP contribution in [-0.2, 0) is 14.8 Å². The number of benzene rings is 1. The number of nitrogen functional groups attached to an aromatic ring is 1. The van der Waals surface area contributed by atoms with Gasteiger partial charge >= 0.3 is 0 Å². The van der Waals surface area contributed by atoms with E-state index in [0.29, 0.717) is 18.2 Å². The fourth-order valence-corrected chi connectivity index (χ4v) is 2.74. The van der Waals surface area contributed by atoms with Crippen molar-refractivity contribution in [3.63, 3.8) is 0 Å². The van der Waals surface area contributed by atoms with Gasteiger partial charge in [0.15, 0.2) is 0 Å². The standard InChI is InChI=1S/C12H20ClN3O3S/c1-16(2)6-8-19-7-5-15-20(17,18)12-4-3-10(13)9-11(12)14/h3-4,9,15H,5-8,14H2,1-2H3. The van der Waals surface area contributed by atoms with Crippen molar-refractivity contribution in [3.8, 4) is 0 Å². The highest BCUT2D eigenvalue weighted by atomic mass is 35.5. The Bertz CT molecular complexity index is 535. The molecule has 0 atom stereocenters. The molecule has 20 heavy (non-hydrogen) atoms. The van der Waals surface area contributed by atoms with Crippen molar-refractivity contribution < 1.29 is 13.2 Å². The third-order valence-electron chi connectivity index (χ3n) is 2.48. The maximum absolute atomic E-state index is 12.0. The second-order valence-electron chi connectivity index (χ2n) is 4.50. The van der Waals surface area contributed by atoms with Crippen LogP contribution < -0.4 is 10.5 Å². The second kappa shape index (κ2) is 7.80. The van der Waals surface area contributed by atoms with Gasteiger partial charge in [-0.15, -0.1) is 0 Å². The lowest BCUT2D eigenvalue weighted by Crippen LogP contribution is -2.29. The van der Waals surface area contributed by atoms with Gasteiger partial charge in [-0.05, 0) is 32.3 Å². The van der Waals surface area contributed by atoms with Crippen LogP contribution in [0.4, 0.5) is 5.69 Å². The van der Waals surface area contributed by atoms with Crippen LogP contribution in [0.3, 0.4) is 0 Å². The fraction of sp³-hybridized carbons (Fsp3) is 0.500. The lowest BCUT2D eigenvalue weighted by Gasteiger charge is -2.11. The quantitative estimate of drug-likeness (QED) is 0.546. The molecule has 0 fully saturated rings. The Morgan fingerprint density at radius 1 is 1.35 bits per heavy atom. The van der Waals surface area contributed by atoms with Crippen molar-refractivity contribution in [1.82, 2.24) is 9.62 Å². The van der Waals surface area contributed by atoms with E-state index in [2.05, 4.69) is 4.72 Å². The van der Waals surface area contributed by atoms with Gasteiger partial charge < -0.3 is 15.4 Å². The van der Waals surface area contributed by atoms with Crippen LogP contribution in [0, 0.1) is 0 Å². The molecule has 0 aliphatic heterocycles. The zero-order valence-corrected chi connectivity index (χ0v) is 13.2. The summed E-state index contributed by atoms with van der Waals surface area (Å²) in [6, 6.07) is 4.27. The monoisotopic (exact) mass is 321 g/mol. The molecule has 0 aromatic heterocycles. The molecule has 0 unspecified atom stereocenters. The molecule has 114 valence electrons. The molecule has 0 saturated carbocycles. The fourth-order valence-electron chi connectivity index (χ4n) is 1.44. The maximum atomic E-state index is 12.0. The van der Waals surface area contributed by atoms with E-state index in [1.807, 2.05) is 19.0 Å². The van der Waals surface area contributed by atoms with Gasteiger partial charge in [-0.2, -0.15) is 0 Å². The van der Waals surface area contributed by atoms with Crippen LogP contribution >= 0.6 is 11.6 Å². The Kier molecular flexibility index (Phi) is 6.70. The molecule has 0 aliphatic rings. The minimum Gasteiger partial charge on any atom is -0.398 e. The minimum absolute atomic E-state index is 0.0233. The van der Waals surface area contributed by atoms with E-state index in [1.54, 1.807) is 0 Å². The Morgan fingerprint density at radius 3 is 2.65 bits per heavy atom. The van der Waals surface area contributed by atoms with Gasteiger partial charge in [0.05, 0.1) is 18.9 Å². The van der Waals surface area contributed by atoms with E-state index in [-0.39, 0.29) is 17.1 Å². The number of nitrogens with two attached hydrogens (primary N) is 1. The molecule has 0 spiro atoms. The second-order valence-corrected chi connectivity index (χ2v) is 6.67. The van der Waals surface area contributed by atoms with Crippen molar-refractivity contribution in [2.24, 2.45) is 0 Å². The van der Waals surface area contributed by atoms with Gasteiger partial charge in [0.1, 0.15) is 4.90 Å². The molecule has 0 aliphatic carbocycles. The first-order chi connectivity index (χ1) is 9.33. The molecule has 1 aromatic carbocycles. The lowest BCUT2D eigenvalue weighted by atomic mass is 10.3. The molecule has 1 rings (SSSR count). The number of anilines is 1. The number of likely N-dealkylation sites (N-methyl/N-ethyl adjacent to an activating group) is 1. The predicted molar refractivity (Wildman–Crippen MR) is 80.4 cm³/mol. The average molecular weight is 322 g/mol. The third kappa shape index (κ3) is 5.64. The van der Waals surface area contributed by atoms with E-state index < -0.39 is 10.0 Å². The number of nitrogens with zero attached hydrogens (tertiary/aromatic N) is 1. The van der Waals surface area contributed by atoms with Crippen LogP contribution in [0.2, 0.25) is 5.02 Å². The summed E-state index contributed by atoms with van der Waals surface area (Å²) in [7, 11) is 0.244. The molecule has 3 N–H and O–H groups in total. The molecule has 1 aromatic rings. The van der Waals surface area contributed by atoms with E-state index in [9.17, 15) is 8.42 Å². The normalized spacial score (nSPS) is 12.0. The minimum atomic E-state index is -3.64. The smallest absolute Gasteiger partial charge is 0.242 e. The first-order valence-electron chi connectivity index (χ1n) is 6.10. The van der Waals surface area contributed by atoms with Crippen LogP contribution in [0.1, 0.15) is 0 Å². The van der Waals surface area contributed by atoms with Crippen LogP contribution in [0.25, 0.3) is 0 Å². The number of rotatable bonds is 8. The summed E-state index contributed by atoms with van der Waals surface area (Å²) in [6.07, 6.45) is 0. The summed E-state index contributed by atoms with van der Waals surface area (Å²) in [5.41, 5.74) is 5.78. The average Bonchev–Trinajstić information content (AvgIpc) is 2.32. The van der Waals surface area contributed by atoms with Crippen molar-refractivity contribution in [2.75, 3.05) is 46.1 Å². The summed E-state index contributed by atoms with van der Waals surface area (Å²) in [6.45, 7) is 1.84. The van der Waals surface area contributed by atoms with E-state index in [0.717, 1.165) is 6.54 Å². The zero-order valence-electron chi connectivity index (χ0n) is 11.6. The molecular weight excluding hydrogens is 302 g/mol. The van der Waals surface area contributed by atoms with Crippen LogP contribution in [-0.4, -0.2) is 53.7 Å². The number of halogens is 1. The molecule has 0 heterocycles. The highest BCUT2D eigenvalue weighted by Gasteiger charge is 2.16. The van der Waals surface area contributed by atoms with Gasteiger partial charge in [-0.25, -0.2) is 13.1 Å². The van der Waals surface area contributed by atoms with Gasteiger partial charge in [0, 0.05) is 18.1 Å². The van der Waals surface area contributed by atoms with E-state index in [4.69, 9.17) is 22.1 Å². The van der Waals surface area contributed by atoms with Crippen molar-refractivity contribution in [1.29, 1.82) is 0 Å². The lowest BCUT2D eigenvalue weighted by molar-refractivity contribution is 0.122. The van der Waals surface area contributed by atoms with Crippen molar-refractivity contribution in [3.05, 3.63) is 23.2 Å². The molecular formula is C12H20ClN3O3S. The van der Waals surface area contributed by atoms with Crippen LogP contribution in [0.15, 0.2) is 23.1 Å².